The zero-order valence-corrected chi connectivity index (χ0v) is 43.2. The first-order valence-corrected chi connectivity index (χ1v) is 25.6. The number of hydrogen-bond donors (Lipinski definition) is 2. The van der Waals surface area contributed by atoms with Crippen LogP contribution in [0.3, 0.4) is 0 Å². The molecule has 7 aromatic rings. The van der Waals surface area contributed by atoms with Gasteiger partial charge in [0, 0.05) is 68.8 Å². The first-order chi connectivity index (χ1) is 35.6. The molecule has 1 amide bonds. The minimum absolute atomic E-state index is 0.0310. The number of carbonyl (C=O) groups is 1. The number of rotatable bonds is 18. The molecule has 2 saturated heterocycles. The van der Waals surface area contributed by atoms with Gasteiger partial charge >= 0.3 is 6.18 Å². The number of aryl methyl sites for hydroxylation is 5. The molecule has 3 aromatic carbocycles. The van der Waals surface area contributed by atoms with Gasteiger partial charge in [-0.1, -0.05) is 35.5 Å². The molecule has 4 aromatic heterocycles. The van der Waals surface area contributed by atoms with Gasteiger partial charge in [-0.05, 0) is 158 Å². The zero-order valence-electron chi connectivity index (χ0n) is 43.2. The summed E-state index contributed by atoms with van der Waals surface area (Å²) in [6.07, 6.45) is 3.50. The summed E-state index contributed by atoms with van der Waals surface area (Å²) in [5, 5.41) is 15.5. The van der Waals surface area contributed by atoms with Crippen LogP contribution < -0.4 is 15.4 Å². The molecule has 18 heteroatoms. The van der Waals surface area contributed by atoms with Crippen LogP contribution in [0.5, 0.6) is 11.6 Å². The number of likely N-dealkylation sites (tertiary alicyclic amines) is 2. The minimum Gasteiger partial charge on any atom is -0.439 e. The summed E-state index contributed by atoms with van der Waals surface area (Å²) >= 11 is 0. The Hall–Kier alpha value is -7.02. The summed E-state index contributed by atoms with van der Waals surface area (Å²) < 4.78 is 50.9. The highest BCUT2D eigenvalue weighted by molar-refractivity contribution is 5.78. The van der Waals surface area contributed by atoms with Crippen LogP contribution in [0, 0.1) is 34.6 Å². The van der Waals surface area contributed by atoms with Crippen LogP contribution in [0.25, 0.3) is 34.0 Å². The van der Waals surface area contributed by atoms with Crippen molar-refractivity contribution >= 4 is 17.5 Å². The second kappa shape index (κ2) is 23.0. The van der Waals surface area contributed by atoms with E-state index in [9.17, 15) is 18.0 Å². The SMILES string of the molecule is Cc1cc(C)cc(Nc2nccc(-c3c(-c4ccc(C(F)(F)F)cc4)ncn3C3CCN(CCCN(C)CCNC(=O)CN4CCC(n5nnc(C)c5-c5cccc(Oc6cc(C)cc(C)c6)n5)CC4)CC3)n2)c1. The van der Waals surface area contributed by atoms with Crippen LogP contribution in [0.15, 0.2) is 97.5 Å². The maximum Gasteiger partial charge on any atom is 0.416 e. The zero-order chi connectivity index (χ0) is 51.9. The van der Waals surface area contributed by atoms with Gasteiger partial charge in [-0.3, -0.25) is 9.69 Å². The largest absolute Gasteiger partial charge is 0.439 e. The third kappa shape index (κ3) is 13.0. The standard InChI is InChI=1S/C56H66F3N13O2/c1-37-29-38(2)32-44(31-37)63-55-61-20-15-49(65-55)54-52(42-11-13-43(14-12-42)56(57,58)59)62-36-71(54)45-16-24-69(25-17-45)23-8-22-68(6)28-21-60-50(73)35-70-26-18-46(19-27-70)72-53(41(5)66-67-72)48-9-7-10-51(64-48)74-47-33-39(3)30-40(4)34-47/h7,9-15,20,29-34,36,45-46H,8,16-19,21-28,35H2,1-6H3,(H,60,73)(H,61,63,65). The minimum atomic E-state index is -4.44. The molecule has 0 atom stereocenters. The highest BCUT2D eigenvalue weighted by atomic mass is 19.4. The van der Waals surface area contributed by atoms with Crippen molar-refractivity contribution in [3.63, 3.8) is 0 Å². The topological polar surface area (TPSA) is 147 Å². The molecule has 2 fully saturated rings. The average molecular weight is 1010 g/mol. The maximum atomic E-state index is 13.5. The molecular formula is C56H66F3N13O2. The quantitative estimate of drug-likeness (QED) is 0.0843. The number of imidazole rings is 1. The van der Waals surface area contributed by atoms with Crippen molar-refractivity contribution in [1.29, 1.82) is 0 Å². The lowest BCUT2D eigenvalue weighted by Crippen LogP contribution is -2.43. The normalized spacial score (nSPS) is 15.2. The van der Waals surface area contributed by atoms with Crippen molar-refractivity contribution in [3.05, 3.63) is 131 Å². The first-order valence-electron chi connectivity index (χ1n) is 25.6. The smallest absolute Gasteiger partial charge is 0.416 e. The summed E-state index contributed by atoms with van der Waals surface area (Å²) in [6, 6.07) is 25.3. The van der Waals surface area contributed by atoms with E-state index in [0.29, 0.717) is 41.9 Å². The molecule has 74 heavy (non-hydrogen) atoms. The molecule has 2 N–H and O–H groups in total. The summed E-state index contributed by atoms with van der Waals surface area (Å²) in [5.41, 5.74) is 9.62. The van der Waals surface area contributed by atoms with Crippen molar-refractivity contribution in [1.82, 2.24) is 59.5 Å². The van der Waals surface area contributed by atoms with Gasteiger partial charge in [0.1, 0.15) is 11.4 Å². The molecule has 0 unspecified atom stereocenters. The second-order valence-corrected chi connectivity index (χ2v) is 20.0. The number of halogens is 3. The van der Waals surface area contributed by atoms with E-state index >= 15 is 0 Å². The molecule has 0 radical (unpaired) electrons. The van der Waals surface area contributed by atoms with E-state index in [-0.39, 0.29) is 18.0 Å². The van der Waals surface area contributed by atoms with E-state index in [2.05, 4.69) is 64.4 Å². The number of pyridine rings is 1. The predicted octanol–water partition coefficient (Wildman–Crippen LogP) is 10.2. The average Bonchev–Trinajstić information content (AvgIpc) is 3.98. The Balaban J connectivity index is 0.722. The van der Waals surface area contributed by atoms with Crippen LogP contribution in [-0.4, -0.2) is 126 Å². The Bertz CT molecular complexity index is 2990. The van der Waals surface area contributed by atoms with Gasteiger partial charge < -0.3 is 29.7 Å². The fourth-order valence-corrected chi connectivity index (χ4v) is 10.4. The van der Waals surface area contributed by atoms with Gasteiger partial charge in [-0.2, -0.15) is 13.2 Å². The summed E-state index contributed by atoms with van der Waals surface area (Å²) in [6.45, 7) is 17.0. The van der Waals surface area contributed by atoms with Crippen molar-refractivity contribution in [2.45, 2.75) is 85.0 Å². The number of piperidine rings is 2. The molecular weight excluding hydrogens is 944 g/mol. The second-order valence-electron chi connectivity index (χ2n) is 20.0. The molecule has 0 saturated carbocycles. The molecule has 0 bridgehead atoms. The number of hydrogen-bond acceptors (Lipinski definition) is 12. The van der Waals surface area contributed by atoms with Crippen LogP contribution in [0.1, 0.15) is 77.7 Å². The van der Waals surface area contributed by atoms with Crippen LogP contribution >= 0.6 is 0 Å². The summed E-state index contributed by atoms with van der Waals surface area (Å²) in [4.78, 5) is 39.1. The summed E-state index contributed by atoms with van der Waals surface area (Å²) in [7, 11) is 2.10. The molecule has 388 valence electrons. The van der Waals surface area contributed by atoms with E-state index in [1.807, 2.05) is 87.8 Å². The third-order valence-corrected chi connectivity index (χ3v) is 14.0. The Morgan fingerprint density at radius 2 is 1.42 bits per heavy atom. The van der Waals surface area contributed by atoms with E-state index in [4.69, 9.17) is 19.7 Å². The molecule has 6 heterocycles. The lowest BCUT2D eigenvalue weighted by molar-refractivity contribution is -0.137. The number of benzene rings is 3. The Labute approximate surface area is 431 Å². The van der Waals surface area contributed by atoms with Gasteiger partial charge in [0.2, 0.25) is 17.7 Å². The first kappa shape index (κ1) is 51.9. The number of ether oxygens (including phenoxy) is 1. The number of nitrogens with zero attached hydrogens (tertiary/aromatic N) is 11. The highest BCUT2D eigenvalue weighted by Gasteiger charge is 2.32. The summed E-state index contributed by atoms with van der Waals surface area (Å²) in [5.74, 6) is 1.71. The fourth-order valence-electron chi connectivity index (χ4n) is 10.4. The highest BCUT2D eigenvalue weighted by Crippen LogP contribution is 2.38. The van der Waals surface area contributed by atoms with E-state index < -0.39 is 11.7 Å². The molecule has 15 nitrogen and oxygen atoms in total. The van der Waals surface area contributed by atoms with Crippen LogP contribution in [-0.2, 0) is 11.0 Å². The number of aromatic nitrogens is 8. The van der Waals surface area contributed by atoms with Crippen molar-refractivity contribution < 1.29 is 22.7 Å². The maximum absolute atomic E-state index is 13.5. The van der Waals surface area contributed by atoms with Crippen molar-refractivity contribution in [3.8, 4) is 45.7 Å². The molecule has 2 aliphatic rings. The van der Waals surface area contributed by atoms with Crippen LogP contribution in [0.4, 0.5) is 24.8 Å². The monoisotopic (exact) mass is 1010 g/mol. The van der Waals surface area contributed by atoms with Crippen molar-refractivity contribution in [2.75, 3.05) is 71.3 Å². The van der Waals surface area contributed by atoms with Gasteiger partial charge in [0.15, 0.2) is 0 Å². The Kier molecular flexibility index (Phi) is 16.1. The molecule has 0 aliphatic carbocycles. The number of alkyl halides is 3. The lowest BCUT2D eigenvalue weighted by Gasteiger charge is -2.33. The Morgan fingerprint density at radius 3 is 2.12 bits per heavy atom. The number of nitrogens with one attached hydrogen (secondary N) is 2. The predicted molar refractivity (Wildman–Crippen MR) is 281 cm³/mol. The number of amides is 1. The van der Waals surface area contributed by atoms with Crippen molar-refractivity contribution in [2.24, 2.45) is 0 Å². The number of likely N-dealkylation sites (N-methyl/N-ethyl adjacent to an activating group) is 1. The molecule has 9 rings (SSSR count). The van der Waals surface area contributed by atoms with E-state index in [1.165, 1.54) is 12.1 Å². The Morgan fingerprint density at radius 1 is 0.757 bits per heavy atom. The fraction of sp³-hybridized carbons (Fsp3) is 0.411. The van der Waals surface area contributed by atoms with Gasteiger partial charge in [0.25, 0.3) is 0 Å². The molecule has 0 spiro atoms. The van der Waals surface area contributed by atoms with Gasteiger partial charge in [-0.25, -0.2) is 24.6 Å². The third-order valence-electron chi connectivity index (χ3n) is 14.0. The number of carbonyl (C=O) groups excluding carboxylic acids is 1. The van der Waals surface area contributed by atoms with E-state index in [1.54, 1.807) is 12.5 Å². The van der Waals surface area contributed by atoms with Gasteiger partial charge in [-0.15, -0.1) is 5.10 Å². The van der Waals surface area contributed by atoms with Gasteiger partial charge in [0.05, 0.1) is 52.9 Å². The molecule has 2 aliphatic heterocycles. The lowest BCUT2D eigenvalue weighted by atomic mass is 10.0. The number of anilines is 2. The van der Waals surface area contributed by atoms with Crippen LogP contribution in [0.2, 0.25) is 0 Å². The van der Waals surface area contributed by atoms with E-state index in [0.717, 1.165) is 147 Å².